The topological polar surface area (TPSA) is 60.2 Å². The molecule has 0 fully saturated rings. The van der Waals surface area contributed by atoms with Gasteiger partial charge in [-0.1, -0.05) is 24.3 Å². The number of nitrogens with zero attached hydrogens (tertiary/aromatic N) is 3. The monoisotopic (exact) mass is 253 g/mol. The van der Waals surface area contributed by atoms with Crippen molar-refractivity contribution in [3.63, 3.8) is 0 Å². The normalized spacial score (nSPS) is 9.89. The van der Waals surface area contributed by atoms with Crippen molar-refractivity contribution in [2.24, 2.45) is 0 Å². The van der Waals surface area contributed by atoms with E-state index in [1.807, 2.05) is 41.3 Å². The molecule has 96 valence electrons. The lowest BCUT2D eigenvalue weighted by atomic mass is 10.2. The first kappa shape index (κ1) is 13.1. The smallest absolute Gasteiger partial charge is 0.138 e. The summed E-state index contributed by atoms with van der Waals surface area (Å²) in [6.45, 7) is 0.476. The number of benzene rings is 1. The third kappa shape index (κ3) is 3.09. The average molecular weight is 253 g/mol. The molecular formula is C15H15N3O. The molecule has 2 rings (SSSR count). The fourth-order valence-electron chi connectivity index (χ4n) is 1.92. The summed E-state index contributed by atoms with van der Waals surface area (Å²) < 4.78 is 0. The molecule has 4 heteroatoms. The van der Waals surface area contributed by atoms with Crippen molar-refractivity contribution >= 4 is 11.5 Å². The van der Waals surface area contributed by atoms with Crippen LogP contribution in [0.2, 0.25) is 0 Å². The summed E-state index contributed by atoms with van der Waals surface area (Å²) in [4.78, 5) is 6.29. The molecule has 0 bridgehead atoms. The number of aliphatic hydroxyl groups is 1. The number of hydrogen-bond donors (Lipinski definition) is 1. The van der Waals surface area contributed by atoms with Gasteiger partial charge < -0.3 is 10.0 Å². The summed E-state index contributed by atoms with van der Waals surface area (Å²) in [5, 5.41) is 18.2. The van der Waals surface area contributed by atoms with Crippen molar-refractivity contribution in [3.05, 3.63) is 54.2 Å². The van der Waals surface area contributed by atoms with Gasteiger partial charge in [0.05, 0.1) is 19.1 Å². The van der Waals surface area contributed by atoms with Crippen LogP contribution in [0.15, 0.2) is 48.7 Å². The van der Waals surface area contributed by atoms with Crippen molar-refractivity contribution in [2.45, 2.75) is 13.0 Å². The highest BCUT2D eigenvalue weighted by Gasteiger charge is 2.13. The van der Waals surface area contributed by atoms with Crippen LogP contribution >= 0.6 is 0 Å². The summed E-state index contributed by atoms with van der Waals surface area (Å²) in [7, 11) is 0. The predicted octanol–water partition coefficient (Wildman–Crippen LogP) is 2.63. The van der Waals surface area contributed by atoms with Crippen LogP contribution in [-0.4, -0.2) is 16.6 Å². The molecule has 0 spiro atoms. The fourth-order valence-corrected chi connectivity index (χ4v) is 1.92. The van der Waals surface area contributed by atoms with Crippen molar-refractivity contribution in [1.82, 2.24) is 4.98 Å². The van der Waals surface area contributed by atoms with Crippen LogP contribution in [0.5, 0.6) is 0 Å². The largest absolute Gasteiger partial charge is 0.392 e. The first-order valence-electron chi connectivity index (χ1n) is 6.11. The van der Waals surface area contributed by atoms with Gasteiger partial charge in [-0.15, -0.1) is 0 Å². The van der Waals surface area contributed by atoms with Gasteiger partial charge >= 0.3 is 0 Å². The van der Waals surface area contributed by atoms with Gasteiger partial charge in [0, 0.05) is 24.0 Å². The van der Waals surface area contributed by atoms with Gasteiger partial charge in [0.2, 0.25) is 0 Å². The highest BCUT2D eigenvalue weighted by atomic mass is 16.3. The maximum atomic E-state index is 9.41. The van der Waals surface area contributed by atoms with Crippen LogP contribution in [-0.2, 0) is 6.61 Å². The van der Waals surface area contributed by atoms with Gasteiger partial charge in [0.15, 0.2) is 0 Å². The van der Waals surface area contributed by atoms with Crippen molar-refractivity contribution in [3.8, 4) is 6.07 Å². The Morgan fingerprint density at radius 2 is 1.95 bits per heavy atom. The summed E-state index contributed by atoms with van der Waals surface area (Å²) in [6, 6.07) is 15.5. The summed E-state index contributed by atoms with van der Waals surface area (Å²) in [5.41, 5.74) is 1.72. The zero-order chi connectivity index (χ0) is 13.5. The molecule has 0 saturated carbocycles. The van der Waals surface area contributed by atoms with Crippen LogP contribution in [0, 0.1) is 11.3 Å². The molecule has 0 radical (unpaired) electrons. The molecule has 1 aromatic carbocycles. The zero-order valence-corrected chi connectivity index (χ0v) is 10.5. The second-order valence-electron chi connectivity index (χ2n) is 4.04. The lowest BCUT2D eigenvalue weighted by Gasteiger charge is -2.24. The molecule has 0 aliphatic heterocycles. The van der Waals surface area contributed by atoms with Gasteiger partial charge in [-0.3, -0.25) is 0 Å². The number of aliphatic hydroxyl groups excluding tert-OH is 1. The molecule has 1 heterocycles. The Labute approximate surface area is 112 Å². The Bertz CT molecular complexity index is 563. The first-order valence-corrected chi connectivity index (χ1v) is 6.11. The van der Waals surface area contributed by atoms with Crippen molar-refractivity contribution in [2.75, 3.05) is 11.4 Å². The summed E-state index contributed by atoms with van der Waals surface area (Å²) >= 11 is 0. The Hall–Kier alpha value is -2.38. The second kappa shape index (κ2) is 6.53. The number of para-hydroxylation sites is 1. The van der Waals surface area contributed by atoms with Crippen molar-refractivity contribution < 1.29 is 5.11 Å². The minimum absolute atomic E-state index is 0.0704. The van der Waals surface area contributed by atoms with E-state index in [0.717, 1.165) is 11.3 Å². The van der Waals surface area contributed by atoms with E-state index in [2.05, 4.69) is 11.1 Å². The standard InChI is InChI=1S/C15H15N3O/c16-9-5-11-18(14-7-2-1-3-8-14)15-13(12-19)6-4-10-17-15/h1-4,6-8,10,19H,5,11-12H2. The highest BCUT2D eigenvalue weighted by molar-refractivity contribution is 5.62. The van der Waals surface area contributed by atoms with E-state index in [4.69, 9.17) is 5.26 Å². The van der Waals surface area contributed by atoms with Crippen LogP contribution in [0.4, 0.5) is 11.5 Å². The third-order valence-corrected chi connectivity index (χ3v) is 2.81. The molecule has 1 aromatic heterocycles. The number of nitriles is 1. The van der Waals surface area contributed by atoms with E-state index in [0.29, 0.717) is 18.8 Å². The van der Waals surface area contributed by atoms with Gasteiger partial charge in [-0.05, 0) is 18.2 Å². The van der Waals surface area contributed by atoms with E-state index in [1.54, 1.807) is 12.3 Å². The van der Waals surface area contributed by atoms with E-state index in [-0.39, 0.29) is 6.61 Å². The number of hydrogen-bond acceptors (Lipinski definition) is 4. The third-order valence-electron chi connectivity index (χ3n) is 2.81. The Morgan fingerprint density at radius 3 is 2.63 bits per heavy atom. The maximum Gasteiger partial charge on any atom is 0.138 e. The lowest BCUT2D eigenvalue weighted by molar-refractivity contribution is 0.282. The number of anilines is 2. The molecule has 0 aliphatic carbocycles. The van der Waals surface area contributed by atoms with E-state index >= 15 is 0 Å². The average Bonchev–Trinajstić information content (AvgIpc) is 2.49. The number of rotatable bonds is 5. The van der Waals surface area contributed by atoms with Gasteiger partial charge in [0.1, 0.15) is 5.82 Å². The molecule has 0 unspecified atom stereocenters. The number of aromatic nitrogens is 1. The minimum atomic E-state index is -0.0704. The van der Waals surface area contributed by atoms with E-state index in [9.17, 15) is 5.11 Å². The molecule has 0 aliphatic rings. The molecule has 2 aromatic rings. The van der Waals surface area contributed by atoms with Gasteiger partial charge in [0.25, 0.3) is 0 Å². The summed E-state index contributed by atoms with van der Waals surface area (Å²) in [5.74, 6) is 0.700. The Balaban J connectivity index is 2.40. The van der Waals surface area contributed by atoms with Crippen LogP contribution in [0.25, 0.3) is 0 Å². The minimum Gasteiger partial charge on any atom is -0.392 e. The highest BCUT2D eigenvalue weighted by Crippen LogP contribution is 2.26. The Kier molecular flexibility index (Phi) is 4.49. The van der Waals surface area contributed by atoms with Crippen LogP contribution in [0.1, 0.15) is 12.0 Å². The number of pyridine rings is 1. The predicted molar refractivity (Wildman–Crippen MR) is 73.8 cm³/mol. The second-order valence-corrected chi connectivity index (χ2v) is 4.04. The van der Waals surface area contributed by atoms with E-state index in [1.165, 1.54) is 0 Å². The first-order chi connectivity index (χ1) is 9.36. The van der Waals surface area contributed by atoms with Gasteiger partial charge in [-0.25, -0.2) is 4.98 Å². The molecule has 0 amide bonds. The molecule has 1 N–H and O–H groups in total. The zero-order valence-electron chi connectivity index (χ0n) is 10.5. The molecule has 4 nitrogen and oxygen atoms in total. The van der Waals surface area contributed by atoms with Gasteiger partial charge in [-0.2, -0.15) is 5.26 Å². The van der Waals surface area contributed by atoms with Crippen LogP contribution < -0.4 is 4.90 Å². The van der Waals surface area contributed by atoms with Crippen molar-refractivity contribution in [1.29, 1.82) is 5.26 Å². The quantitative estimate of drug-likeness (QED) is 0.889. The summed E-state index contributed by atoms with van der Waals surface area (Å²) in [6.07, 6.45) is 2.09. The van der Waals surface area contributed by atoms with E-state index < -0.39 is 0 Å². The van der Waals surface area contributed by atoms with Crippen LogP contribution in [0.3, 0.4) is 0 Å². The molecule has 19 heavy (non-hydrogen) atoms. The Morgan fingerprint density at radius 1 is 1.16 bits per heavy atom. The fraction of sp³-hybridized carbons (Fsp3) is 0.200. The molecule has 0 atom stereocenters. The molecule has 0 saturated heterocycles. The lowest BCUT2D eigenvalue weighted by Crippen LogP contribution is -2.20. The molecular weight excluding hydrogens is 238 g/mol. The maximum absolute atomic E-state index is 9.41. The SMILES string of the molecule is N#CCCN(c1ccccc1)c1ncccc1CO.